The molecule has 8 aromatic carbocycles. The van der Waals surface area contributed by atoms with Gasteiger partial charge in [-0.05, 0) is 232 Å². The van der Waals surface area contributed by atoms with Gasteiger partial charge in [-0.1, -0.05) is 17.7 Å². The maximum absolute atomic E-state index is 14.7. The van der Waals surface area contributed by atoms with Crippen LogP contribution in [0.15, 0.2) is 212 Å². The molecule has 4 fully saturated rings. The number of hydrogen-bond donors (Lipinski definition) is 12. The number of rotatable bonds is 16. The monoisotopic (exact) mass is 1740 g/mol. The van der Waals surface area contributed by atoms with Gasteiger partial charge in [-0.25, -0.2) is 28.7 Å². The minimum Gasteiger partial charge on any atom is -0.435 e. The molecule has 16 N–H and O–H groups in total. The normalized spacial score (nSPS) is 15.9. The number of amides is 4. The lowest BCUT2D eigenvalue weighted by atomic mass is 10.0. The molecule has 0 aliphatic carbocycles. The summed E-state index contributed by atoms with van der Waals surface area (Å²) in [5, 5.41) is 17.7. The molecule has 0 radical (unpaired) electrons. The van der Waals surface area contributed by atoms with Crippen LogP contribution in [0.3, 0.4) is 0 Å². The molecule has 20 rings (SSSR count). The van der Waals surface area contributed by atoms with Gasteiger partial charge in [-0.3, -0.25) is 19.2 Å². The number of benzene rings is 8. The number of aromatic nitrogens is 8. The molecule has 28 nitrogen and oxygen atoms in total. The van der Waals surface area contributed by atoms with Crippen molar-refractivity contribution < 1.29 is 45.6 Å². The van der Waals surface area contributed by atoms with E-state index >= 15 is 0 Å². The van der Waals surface area contributed by atoms with E-state index in [4.69, 9.17) is 52.2 Å². The van der Waals surface area contributed by atoms with Crippen LogP contribution < -0.4 is 63.8 Å². The Morgan fingerprint density at radius 2 is 0.648 bits per heavy atom. The van der Waals surface area contributed by atoms with Crippen molar-refractivity contribution in [2.45, 2.75) is 84.5 Å². The van der Waals surface area contributed by atoms with Gasteiger partial charge in [0.1, 0.15) is 11.6 Å². The Balaban J connectivity index is 0.000000120. The molecule has 0 spiro atoms. The third-order valence-electron chi connectivity index (χ3n) is 23.6. The first-order valence-corrected chi connectivity index (χ1v) is 42.7. The minimum absolute atomic E-state index is 0.0180. The number of nitrogens with one attached hydrogen (secondary N) is 8. The van der Waals surface area contributed by atoms with Crippen molar-refractivity contribution in [2.75, 3.05) is 98.1 Å². The second-order valence-corrected chi connectivity index (χ2v) is 35.5. The summed E-state index contributed by atoms with van der Waals surface area (Å²) in [6.07, 6.45) is 7.03. The van der Waals surface area contributed by atoms with Crippen LogP contribution in [0.4, 0.5) is 31.5 Å². The zero-order valence-corrected chi connectivity index (χ0v) is 73.0. The quantitative estimate of drug-likeness (QED) is 0.0427. The first kappa shape index (κ1) is 86.0. The van der Waals surface area contributed by atoms with E-state index in [0.717, 1.165) is 156 Å². The Morgan fingerprint density at radius 3 is 1.02 bits per heavy atom. The van der Waals surface area contributed by atoms with E-state index in [9.17, 15) is 28.0 Å². The summed E-state index contributed by atoms with van der Waals surface area (Å²) in [7, 11) is 0. The van der Waals surface area contributed by atoms with Gasteiger partial charge < -0.3 is 101 Å². The lowest BCUT2D eigenvalue weighted by molar-refractivity contribution is 0.0988. The van der Waals surface area contributed by atoms with Gasteiger partial charge in [0, 0.05) is 220 Å². The number of hydrogen-bond acceptors (Lipinski definition) is 20. The number of fused-ring (bicyclic) bond motifs is 4. The molecule has 16 aromatic rings. The summed E-state index contributed by atoms with van der Waals surface area (Å²) in [5.74, 6) is -1.30. The third-order valence-corrected chi connectivity index (χ3v) is 23.9. The van der Waals surface area contributed by atoms with Crippen molar-refractivity contribution in [3.63, 3.8) is 0 Å². The van der Waals surface area contributed by atoms with Crippen LogP contribution in [-0.2, 0) is 0 Å². The number of nitrogens with zero attached hydrogens (tertiary/aromatic N) is 8. The number of aryl methyl sites for hydroxylation is 1. The molecule has 4 amide bonds. The van der Waals surface area contributed by atoms with Crippen LogP contribution in [0.5, 0.6) is 0 Å². The number of H-pyrrole nitrogens is 4. The summed E-state index contributed by atoms with van der Waals surface area (Å²) < 4.78 is 53.0. The topological polar surface area (TPSA) is 401 Å². The van der Waals surface area contributed by atoms with Crippen molar-refractivity contribution in [3.8, 4) is 91.1 Å². The number of primary amides is 4. The summed E-state index contributed by atoms with van der Waals surface area (Å²) in [4.78, 5) is 87.7. The molecule has 0 bridgehead atoms. The van der Waals surface area contributed by atoms with Crippen LogP contribution in [0.25, 0.3) is 135 Å². The number of aromatic amines is 4. The first-order valence-electron chi connectivity index (χ1n) is 42.3. The Kier molecular flexibility index (Phi) is 23.3. The maximum atomic E-state index is 14.7. The molecule has 31 heteroatoms. The molecule has 12 heterocycles. The molecule has 0 saturated carbocycles. The minimum atomic E-state index is -0.732. The molecule has 128 heavy (non-hydrogen) atoms. The van der Waals surface area contributed by atoms with Crippen LogP contribution in [0, 0.1) is 18.6 Å². The van der Waals surface area contributed by atoms with Gasteiger partial charge in [-0.15, -0.1) is 0 Å². The van der Waals surface area contributed by atoms with Gasteiger partial charge >= 0.3 is 0 Å². The van der Waals surface area contributed by atoms with Crippen LogP contribution in [0.2, 0.25) is 5.02 Å². The Labute approximate surface area is 740 Å². The van der Waals surface area contributed by atoms with Gasteiger partial charge in [-0.2, -0.15) is 0 Å². The molecule has 4 aliphatic heterocycles. The molecule has 0 atom stereocenters. The van der Waals surface area contributed by atoms with Crippen molar-refractivity contribution >= 4 is 102 Å². The lowest BCUT2D eigenvalue weighted by Crippen LogP contribution is -2.57. The predicted octanol–water partition coefficient (Wildman–Crippen LogP) is 16.3. The molecule has 4 aliphatic rings. The van der Waals surface area contributed by atoms with Gasteiger partial charge in [0.05, 0.1) is 21.6 Å². The number of carbonyl (C=O) groups is 4. The van der Waals surface area contributed by atoms with Crippen LogP contribution >= 0.6 is 11.6 Å². The van der Waals surface area contributed by atoms with Crippen LogP contribution in [-0.4, -0.2) is 164 Å². The third kappa shape index (κ3) is 17.8. The number of carbonyl (C=O) groups excluding carboxylic acids is 4. The lowest BCUT2D eigenvalue weighted by Gasteiger charge is -2.40. The predicted molar refractivity (Wildman–Crippen MR) is 498 cm³/mol. The standard InChI is InChI=1S/C25H27N5O2.C24H24ClN5O2.2C24H24FN5O2/c1-15-4-9-19-18(10-11-27-19)20(15)24-29-21(23(26)31)22(32-24)16-5-7-17(8-6-16)30-13-12-28-25(2,3)14-30;1-24(2)13-30(12-11-28-24)15-5-3-14(4-6-15)21-20(22(26)31)29-23(32-21)17-7-8-18(25)19-16(17)9-10-27-19;1-24(2)13-30(12-11-28-24)15-5-3-14(4-6-15)21-20(22(26)31)29-23(32-21)19-16-9-10-27-18(16)8-7-17(19)25;1-24(2)13-30(12-11-28-24)15-5-3-14(4-6-15)21-20(22(26)31)29-23(32-21)17-7-8-18(25)19-16(17)9-10-27-19/h4-11,27-28H,12-14H2,1-3H3,(H2,26,31);3*3-10,27-28H,11-13H2,1-2H3,(H2,26,31). The van der Waals surface area contributed by atoms with Gasteiger partial charge in [0.15, 0.2) is 45.8 Å². The first-order chi connectivity index (χ1) is 61.3. The molecule has 656 valence electrons. The highest BCUT2D eigenvalue weighted by Gasteiger charge is 2.34. The fourth-order valence-corrected chi connectivity index (χ4v) is 17.6. The summed E-state index contributed by atoms with van der Waals surface area (Å²) in [5.41, 5.74) is 36.4. The fraction of sp³-hybridized carbons (Fsp3) is 0.258. The Bertz CT molecular complexity index is 6440. The highest BCUT2D eigenvalue weighted by molar-refractivity contribution is 6.35. The van der Waals surface area contributed by atoms with E-state index in [2.05, 4.69) is 148 Å². The summed E-state index contributed by atoms with van der Waals surface area (Å²) in [6.45, 7) is 30.5. The number of halogens is 3. The van der Waals surface area contributed by atoms with Crippen molar-refractivity contribution in [2.24, 2.45) is 22.9 Å². The van der Waals surface area contributed by atoms with E-state index in [1.54, 1.807) is 48.9 Å². The molecule has 4 saturated heterocycles. The maximum Gasteiger partial charge on any atom is 0.271 e. The van der Waals surface area contributed by atoms with Crippen molar-refractivity contribution in [3.05, 3.63) is 240 Å². The summed E-state index contributed by atoms with van der Waals surface area (Å²) in [6, 6.07) is 52.4. The molecule has 0 unspecified atom stereocenters. The average molecular weight is 1750 g/mol. The molecule has 8 aromatic heterocycles. The SMILES string of the molecule is CC1(C)CN(c2ccc(-c3oc(-c4c(F)ccc5[nH]ccc45)nc3C(N)=O)cc2)CCN1.CC1(C)CN(c2ccc(-c3oc(-c4ccc(Cl)c5[nH]ccc45)nc3C(N)=O)cc2)CCN1.CC1(C)CN(c2ccc(-c3oc(-c4ccc(F)c5[nH]ccc45)nc3C(N)=O)cc2)CCN1.Cc1ccc2[nH]ccc2c1-c1nc(C(N)=O)c(-c2ccc(N3CCNC(C)(C)C3)cc2)o1. The zero-order valence-electron chi connectivity index (χ0n) is 72.2. The fourth-order valence-electron chi connectivity index (χ4n) is 17.4. The Hall–Kier alpha value is -14.2. The number of oxazole rings is 4. The van der Waals surface area contributed by atoms with E-state index in [1.165, 1.54) is 12.1 Å². The van der Waals surface area contributed by atoms with E-state index in [-0.39, 0.29) is 73.9 Å². The second-order valence-electron chi connectivity index (χ2n) is 35.1. The Morgan fingerprint density at radius 1 is 0.352 bits per heavy atom. The average Bonchev–Trinajstić information content (AvgIpc) is 1.63. The second kappa shape index (κ2) is 34.6. The number of anilines is 4. The smallest absolute Gasteiger partial charge is 0.271 e. The van der Waals surface area contributed by atoms with E-state index < -0.39 is 29.4 Å². The van der Waals surface area contributed by atoms with Gasteiger partial charge in [0.2, 0.25) is 23.6 Å². The van der Waals surface area contributed by atoms with E-state index in [1.807, 2.05) is 128 Å². The largest absolute Gasteiger partial charge is 0.435 e. The van der Waals surface area contributed by atoms with Crippen molar-refractivity contribution in [1.82, 2.24) is 61.1 Å². The summed E-state index contributed by atoms with van der Waals surface area (Å²) >= 11 is 6.27. The highest BCUT2D eigenvalue weighted by Crippen LogP contribution is 2.43. The number of nitrogens with two attached hydrogens (primary N) is 4. The van der Waals surface area contributed by atoms with Crippen molar-refractivity contribution in [1.29, 1.82) is 0 Å². The molecular weight excluding hydrogens is 1650 g/mol. The van der Waals surface area contributed by atoms with Gasteiger partial charge in [0.25, 0.3) is 23.6 Å². The van der Waals surface area contributed by atoms with E-state index in [0.29, 0.717) is 67.1 Å². The highest BCUT2D eigenvalue weighted by atomic mass is 35.5. The number of piperazine rings is 4. The van der Waals surface area contributed by atoms with Crippen LogP contribution in [0.1, 0.15) is 103 Å². The zero-order chi connectivity index (χ0) is 89.8. The molecular formula is C97H99ClF2N20O8.